The molecule has 0 bridgehead atoms. The molecule has 1 N–H and O–H groups in total. The zero-order valence-corrected chi connectivity index (χ0v) is 20.8. The summed E-state index contributed by atoms with van der Waals surface area (Å²) < 4.78 is 28.2. The van der Waals surface area contributed by atoms with Crippen LogP contribution < -0.4 is 5.32 Å². The van der Waals surface area contributed by atoms with Crippen LogP contribution in [0.25, 0.3) is 11.1 Å². The number of aryl methyl sites for hydroxylation is 2. The number of rotatable bonds is 6. The fraction of sp³-hybridized carbons (Fsp3) is 0.308. The van der Waals surface area contributed by atoms with E-state index in [1.54, 1.807) is 43.6 Å². The summed E-state index contributed by atoms with van der Waals surface area (Å²) in [5.74, 6) is 0.201. The third-order valence-electron chi connectivity index (χ3n) is 6.13. The molecule has 1 aliphatic heterocycles. The standard InChI is InChI=1S/C26H27N5O3S/c1-17-6-7-25(22(10-17)14-27)20-11-21(13-24(12-20)35(33,34)31-8-4-5-9-31)26(32)30-18(2)23-15-28-19(3)29-16-23/h6-7,10-13,15-16,18H,4-5,8-9H2,1-3H3,(H,30,32)/t18-/m1/s1. The molecule has 1 aliphatic rings. The topological polar surface area (TPSA) is 116 Å². The molecule has 180 valence electrons. The van der Waals surface area contributed by atoms with Gasteiger partial charge in [0.1, 0.15) is 5.82 Å². The van der Waals surface area contributed by atoms with Crippen molar-refractivity contribution in [1.82, 2.24) is 19.6 Å². The average molecular weight is 490 g/mol. The molecule has 0 unspecified atom stereocenters. The molecule has 0 aliphatic carbocycles. The van der Waals surface area contributed by atoms with Gasteiger partial charge in [0.05, 0.1) is 22.6 Å². The predicted molar refractivity (Wildman–Crippen MR) is 132 cm³/mol. The maximum absolute atomic E-state index is 13.4. The number of hydrogen-bond acceptors (Lipinski definition) is 6. The second-order valence-electron chi connectivity index (χ2n) is 8.78. The van der Waals surface area contributed by atoms with Gasteiger partial charge in [-0.15, -0.1) is 0 Å². The fourth-order valence-electron chi connectivity index (χ4n) is 4.10. The number of nitrogens with one attached hydrogen (secondary N) is 1. The van der Waals surface area contributed by atoms with Gasteiger partial charge in [0.15, 0.2) is 0 Å². The van der Waals surface area contributed by atoms with E-state index in [9.17, 15) is 18.5 Å². The minimum atomic E-state index is -3.79. The number of nitriles is 1. The molecule has 2 aromatic carbocycles. The molecule has 35 heavy (non-hydrogen) atoms. The van der Waals surface area contributed by atoms with E-state index in [-0.39, 0.29) is 16.5 Å². The van der Waals surface area contributed by atoms with Crippen LogP contribution in [0.15, 0.2) is 53.7 Å². The number of hydrogen-bond donors (Lipinski definition) is 1. The maximum Gasteiger partial charge on any atom is 0.251 e. The highest BCUT2D eigenvalue weighted by Gasteiger charge is 2.29. The first-order chi connectivity index (χ1) is 16.7. The first-order valence-corrected chi connectivity index (χ1v) is 12.9. The number of aromatic nitrogens is 2. The van der Waals surface area contributed by atoms with Crippen LogP contribution in [0, 0.1) is 25.2 Å². The molecular formula is C26H27N5O3S. The van der Waals surface area contributed by atoms with Gasteiger partial charge in [-0.3, -0.25) is 4.79 Å². The summed E-state index contributed by atoms with van der Waals surface area (Å²) in [7, 11) is -3.79. The molecule has 1 saturated heterocycles. The SMILES string of the molecule is Cc1ccc(-c2cc(C(=O)N[C@H](C)c3cnc(C)nc3)cc(S(=O)(=O)N3CCCC3)c2)c(C#N)c1. The van der Waals surface area contributed by atoms with Crippen molar-refractivity contribution in [3.05, 3.63) is 76.9 Å². The highest BCUT2D eigenvalue weighted by atomic mass is 32.2. The first-order valence-electron chi connectivity index (χ1n) is 11.4. The Bertz CT molecular complexity index is 1410. The Morgan fingerprint density at radius 2 is 1.77 bits per heavy atom. The average Bonchev–Trinajstić information content (AvgIpc) is 3.40. The van der Waals surface area contributed by atoms with Crippen molar-refractivity contribution in [3.63, 3.8) is 0 Å². The molecule has 1 aromatic heterocycles. The predicted octanol–water partition coefficient (Wildman–Crippen LogP) is 3.91. The van der Waals surface area contributed by atoms with E-state index in [4.69, 9.17) is 0 Å². The summed E-state index contributed by atoms with van der Waals surface area (Å²) in [6, 6.07) is 11.8. The Kier molecular flexibility index (Phi) is 6.96. The molecular weight excluding hydrogens is 462 g/mol. The van der Waals surface area contributed by atoms with Crippen molar-refractivity contribution in [1.29, 1.82) is 5.26 Å². The van der Waals surface area contributed by atoms with Crippen LogP contribution in [-0.2, 0) is 10.0 Å². The zero-order chi connectivity index (χ0) is 25.2. The van der Waals surface area contributed by atoms with E-state index in [1.165, 1.54) is 10.4 Å². The van der Waals surface area contributed by atoms with Crippen LogP contribution >= 0.6 is 0 Å². The third kappa shape index (κ3) is 5.24. The largest absolute Gasteiger partial charge is 0.345 e. The first kappa shape index (κ1) is 24.5. The zero-order valence-electron chi connectivity index (χ0n) is 19.9. The molecule has 3 aromatic rings. The summed E-state index contributed by atoms with van der Waals surface area (Å²) in [4.78, 5) is 21.6. The molecule has 8 nitrogen and oxygen atoms in total. The Balaban J connectivity index is 1.77. The van der Waals surface area contributed by atoms with E-state index in [0.717, 1.165) is 24.0 Å². The lowest BCUT2D eigenvalue weighted by Crippen LogP contribution is -2.29. The van der Waals surface area contributed by atoms with Crippen molar-refractivity contribution < 1.29 is 13.2 Å². The Morgan fingerprint density at radius 3 is 2.43 bits per heavy atom. The Hall–Kier alpha value is -3.61. The minimum Gasteiger partial charge on any atom is -0.345 e. The van der Waals surface area contributed by atoms with Crippen LogP contribution in [0.5, 0.6) is 0 Å². The number of nitrogens with zero attached hydrogens (tertiary/aromatic N) is 4. The van der Waals surface area contributed by atoms with Gasteiger partial charge in [0, 0.05) is 36.6 Å². The van der Waals surface area contributed by atoms with Crippen molar-refractivity contribution in [2.24, 2.45) is 0 Å². The maximum atomic E-state index is 13.4. The van der Waals surface area contributed by atoms with Crippen molar-refractivity contribution >= 4 is 15.9 Å². The van der Waals surface area contributed by atoms with E-state index >= 15 is 0 Å². The quantitative estimate of drug-likeness (QED) is 0.561. The summed E-state index contributed by atoms with van der Waals surface area (Å²) in [5.41, 5.74) is 3.33. The highest BCUT2D eigenvalue weighted by molar-refractivity contribution is 7.89. The highest BCUT2D eigenvalue weighted by Crippen LogP contribution is 2.30. The van der Waals surface area contributed by atoms with Gasteiger partial charge < -0.3 is 5.32 Å². The molecule has 2 heterocycles. The van der Waals surface area contributed by atoms with Crippen molar-refractivity contribution in [2.45, 2.75) is 44.6 Å². The number of carbonyl (C=O) groups excluding carboxylic acids is 1. The molecule has 1 fully saturated rings. The molecule has 4 rings (SSSR count). The van der Waals surface area contributed by atoms with Crippen LogP contribution in [0.3, 0.4) is 0 Å². The van der Waals surface area contributed by atoms with Gasteiger partial charge in [0.25, 0.3) is 5.91 Å². The fourth-order valence-corrected chi connectivity index (χ4v) is 5.69. The number of sulfonamides is 1. The second-order valence-corrected chi connectivity index (χ2v) is 10.7. The molecule has 0 radical (unpaired) electrons. The van der Waals surface area contributed by atoms with Gasteiger partial charge >= 0.3 is 0 Å². The summed E-state index contributed by atoms with van der Waals surface area (Å²) >= 11 is 0. The smallest absolute Gasteiger partial charge is 0.251 e. The normalized spacial score (nSPS) is 14.9. The van der Waals surface area contributed by atoms with Gasteiger partial charge in [-0.05, 0) is 74.6 Å². The van der Waals surface area contributed by atoms with Crippen LogP contribution in [0.1, 0.15) is 58.7 Å². The molecule has 1 atom stereocenters. The van der Waals surface area contributed by atoms with E-state index in [2.05, 4.69) is 21.4 Å². The van der Waals surface area contributed by atoms with Crippen LogP contribution in [0.2, 0.25) is 0 Å². The Morgan fingerprint density at radius 1 is 1.09 bits per heavy atom. The van der Waals surface area contributed by atoms with Gasteiger partial charge in [-0.2, -0.15) is 9.57 Å². The van der Waals surface area contributed by atoms with Crippen molar-refractivity contribution in [2.75, 3.05) is 13.1 Å². The summed E-state index contributed by atoms with van der Waals surface area (Å²) in [6.07, 6.45) is 4.91. The third-order valence-corrected chi connectivity index (χ3v) is 8.00. The van der Waals surface area contributed by atoms with Crippen molar-refractivity contribution in [3.8, 4) is 17.2 Å². The van der Waals surface area contributed by atoms with E-state index in [1.807, 2.05) is 19.9 Å². The molecule has 1 amide bonds. The molecule has 0 spiro atoms. The minimum absolute atomic E-state index is 0.0397. The summed E-state index contributed by atoms with van der Waals surface area (Å²) in [6.45, 7) is 6.37. The van der Waals surface area contributed by atoms with Gasteiger partial charge in [-0.1, -0.05) is 12.1 Å². The second kappa shape index (κ2) is 9.94. The Labute approximate surface area is 205 Å². The van der Waals surface area contributed by atoms with Crippen LogP contribution in [0.4, 0.5) is 0 Å². The lowest BCUT2D eigenvalue weighted by molar-refractivity contribution is 0.0939. The monoisotopic (exact) mass is 489 g/mol. The van der Waals surface area contributed by atoms with Gasteiger partial charge in [0.2, 0.25) is 10.0 Å². The number of carbonyl (C=O) groups is 1. The van der Waals surface area contributed by atoms with Crippen LogP contribution in [-0.4, -0.2) is 41.7 Å². The lowest BCUT2D eigenvalue weighted by atomic mass is 9.97. The number of amides is 1. The van der Waals surface area contributed by atoms with E-state index < -0.39 is 15.9 Å². The number of benzene rings is 2. The van der Waals surface area contributed by atoms with Gasteiger partial charge in [-0.25, -0.2) is 18.4 Å². The van der Waals surface area contributed by atoms with E-state index in [0.29, 0.717) is 35.6 Å². The summed E-state index contributed by atoms with van der Waals surface area (Å²) in [5, 5.41) is 12.6. The molecule has 9 heteroatoms. The molecule has 0 saturated carbocycles. The lowest BCUT2D eigenvalue weighted by Gasteiger charge is -2.19.